The zero-order valence-corrected chi connectivity index (χ0v) is 12.6. The fourth-order valence-corrected chi connectivity index (χ4v) is 3.26. The van der Waals surface area contributed by atoms with Crippen LogP contribution in [0, 0.1) is 0 Å². The van der Waals surface area contributed by atoms with E-state index in [1.165, 1.54) is 18.4 Å². The summed E-state index contributed by atoms with van der Waals surface area (Å²) in [6.45, 7) is 0. The Labute approximate surface area is 131 Å². The van der Waals surface area contributed by atoms with Crippen LogP contribution in [-0.2, 0) is 4.74 Å². The zero-order chi connectivity index (χ0) is 15.5. The standard InChI is InChI=1S/C17H13NO3S/c1-21-17(20)15-14(12-9-5-6-10-13(12)22-15)18-16(19)11-7-3-2-4-8-11/h2-10H,1H3,(H,18,19). The summed E-state index contributed by atoms with van der Waals surface area (Å²) in [5.41, 5.74) is 1.04. The minimum absolute atomic E-state index is 0.255. The van der Waals surface area contributed by atoms with Crippen LogP contribution in [0.5, 0.6) is 0 Å². The molecule has 0 unspecified atom stereocenters. The van der Waals surface area contributed by atoms with E-state index < -0.39 is 5.97 Å². The quantitative estimate of drug-likeness (QED) is 0.745. The first-order chi connectivity index (χ1) is 10.7. The van der Waals surface area contributed by atoms with Crippen molar-refractivity contribution in [3.05, 3.63) is 65.0 Å². The molecule has 0 saturated heterocycles. The van der Waals surface area contributed by atoms with Gasteiger partial charge in [-0.25, -0.2) is 4.79 Å². The third-order valence-corrected chi connectivity index (χ3v) is 4.39. The molecule has 1 amide bonds. The molecule has 110 valence electrons. The summed E-state index contributed by atoms with van der Waals surface area (Å²) in [5.74, 6) is -0.709. The monoisotopic (exact) mass is 311 g/mol. The molecule has 0 aliphatic carbocycles. The molecule has 0 atom stereocenters. The fourth-order valence-electron chi connectivity index (χ4n) is 2.18. The van der Waals surface area contributed by atoms with E-state index in [-0.39, 0.29) is 5.91 Å². The Balaban J connectivity index is 2.05. The number of anilines is 1. The van der Waals surface area contributed by atoms with Gasteiger partial charge in [-0.1, -0.05) is 36.4 Å². The molecule has 3 rings (SSSR count). The van der Waals surface area contributed by atoms with Crippen molar-refractivity contribution in [1.82, 2.24) is 0 Å². The number of nitrogens with one attached hydrogen (secondary N) is 1. The predicted octanol–water partition coefficient (Wildman–Crippen LogP) is 3.94. The van der Waals surface area contributed by atoms with Crippen LogP contribution in [0.25, 0.3) is 10.1 Å². The summed E-state index contributed by atoms with van der Waals surface area (Å²) in [5, 5.41) is 3.67. The van der Waals surface area contributed by atoms with Gasteiger partial charge in [0.15, 0.2) is 0 Å². The van der Waals surface area contributed by atoms with Crippen molar-refractivity contribution in [1.29, 1.82) is 0 Å². The van der Waals surface area contributed by atoms with Crippen LogP contribution in [0.2, 0.25) is 0 Å². The van der Waals surface area contributed by atoms with Gasteiger partial charge >= 0.3 is 5.97 Å². The lowest BCUT2D eigenvalue weighted by atomic mass is 10.2. The van der Waals surface area contributed by atoms with Crippen molar-refractivity contribution in [3.63, 3.8) is 0 Å². The number of benzene rings is 2. The Bertz CT molecular complexity index is 839. The molecule has 0 saturated carbocycles. The van der Waals surface area contributed by atoms with Gasteiger partial charge in [-0.05, 0) is 18.2 Å². The van der Waals surface area contributed by atoms with Crippen molar-refractivity contribution in [2.75, 3.05) is 12.4 Å². The maximum Gasteiger partial charge on any atom is 0.350 e. The first kappa shape index (κ1) is 14.3. The largest absolute Gasteiger partial charge is 0.465 e. The number of hydrogen-bond donors (Lipinski definition) is 1. The lowest BCUT2D eigenvalue weighted by molar-refractivity contribution is 0.0607. The molecule has 0 bridgehead atoms. The first-order valence-corrected chi connectivity index (χ1v) is 7.48. The number of methoxy groups -OCH3 is 1. The van der Waals surface area contributed by atoms with Gasteiger partial charge in [-0.3, -0.25) is 4.79 Å². The Morgan fingerprint density at radius 1 is 1.00 bits per heavy atom. The van der Waals surface area contributed by atoms with Crippen LogP contribution in [-0.4, -0.2) is 19.0 Å². The molecule has 0 fully saturated rings. The second kappa shape index (κ2) is 5.99. The molecule has 0 aliphatic rings. The SMILES string of the molecule is COC(=O)c1sc2ccccc2c1NC(=O)c1ccccc1. The van der Waals surface area contributed by atoms with Gasteiger partial charge in [-0.15, -0.1) is 11.3 Å². The number of esters is 1. The summed E-state index contributed by atoms with van der Waals surface area (Å²) < 4.78 is 5.74. The number of rotatable bonds is 3. The number of fused-ring (bicyclic) bond motifs is 1. The summed E-state index contributed by atoms with van der Waals surface area (Å²) in [4.78, 5) is 24.7. The van der Waals surface area contributed by atoms with Crippen LogP contribution < -0.4 is 5.32 Å². The average molecular weight is 311 g/mol. The molecular weight excluding hydrogens is 298 g/mol. The molecule has 0 radical (unpaired) electrons. The van der Waals surface area contributed by atoms with E-state index in [2.05, 4.69) is 5.32 Å². The highest BCUT2D eigenvalue weighted by atomic mass is 32.1. The van der Waals surface area contributed by atoms with Crippen LogP contribution in [0.3, 0.4) is 0 Å². The molecule has 1 aromatic heterocycles. The highest BCUT2D eigenvalue weighted by Crippen LogP contribution is 2.36. The predicted molar refractivity (Wildman–Crippen MR) is 87.6 cm³/mol. The van der Waals surface area contributed by atoms with E-state index in [0.29, 0.717) is 16.1 Å². The summed E-state index contributed by atoms with van der Waals surface area (Å²) in [6, 6.07) is 16.4. The minimum atomic E-state index is -0.454. The second-order valence-corrected chi connectivity index (χ2v) is 5.67. The first-order valence-electron chi connectivity index (χ1n) is 6.67. The fraction of sp³-hybridized carbons (Fsp3) is 0.0588. The van der Waals surface area contributed by atoms with Gasteiger partial charge in [0.25, 0.3) is 5.91 Å². The molecule has 3 aromatic rings. The molecule has 0 aliphatic heterocycles. The van der Waals surface area contributed by atoms with E-state index in [0.717, 1.165) is 10.1 Å². The molecular formula is C17H13NO3S. The Kier molecular flexibility index (Phi) is 3.89. The van der Waals surface area contributed by atoms with Gasteiger partial charge in [-0.2, -0.15) is 0 Å². The van der Waals surface area contributed by atoms with Gasteiger partial charge in [0.05, 0.1) is 12.8 Å². The third-order valence-electron chi connectivity index (χ3n) is 3.24. The third kappa shape index (κ3) is 2.58. The molecule has 1 heterocycles. The number of carbonyl (C=O) groups excluding carboxylic acids is 2. The lowest BCUT2D eigenvalue weighted by Crippen LogP contribution is -2.14. The van der Waals surface area contributed by atoms with Crippen LogP contribution >= 0.6 is 11.3 Å². The van der Waals surface area contributed by atoms with Gasteiger partial charge in [0.1, 0.15) is 4.88 Å². The van der Waals surface area contributed by atoms with Crippen molar-refractivity contribution in [2.45, 2.75) is 0 Å². The Hall–Kier alpha value is -2.66. The highest BCUT2D eigenvalue weighted by Gasteiger charge is 2.20. The minimum Gasteiger partial charge on any atom is -0.465 e. The van der Waals surface area contributed by atoms with Crippen molar-refractivity contribution >= 4 is 39.0 Å². The number of ether oxygens (including phenoxy) is 1. The van der Waals surface area contributed by atoms with E-state index in [9.17, 15) is 9.59 Å². The van der Waals surface area contributed by atoms with Crippen molar-refractivity contribution in [3.8, 4) is 0 Å². The maximum absolute atomic E-state index is 12.4. The van der Waals surface area contributed by atoms with Gasteiger partial charge in [0, 0.05) is 15.6 Å². The van der Waals surface area contributed by atoms with E-state index in [1.807, 2.05) is 30.3 Å². The Morgan fingerprint density at radius 3 is 2.41 bits per heavy atom. The maximum atomic E-state index is 12.4. The van der Waals surface area contributed by atoms with Crippen LogP contribution in [0.4, 0.5) is 5.69 Å². The number of carbonyl (C=O) groups is 2. The van der Waals surface area contributed by atoms with Gasteiger partial charge < -0.3 is 10.1 Å². The summed E-state index contributed by atoms with van der Waals surface area (Å²) >= 11 is 1.30. The summed E-state index contributed by atoms with van der Waals surface area (Å²) in [6.07, 6.45) is 0. The molecule has 2 aromatic carbocycles. The average Bonchev–Trinajstić information content (AvgIpc) is 2.93. The summed E-state index contributed by atoms with van der Waals surface area (Å²) in [7, 11) is 1.33. The number of hydrogen-bond acceptors (Lipinski definition) is 4. The number of amides is 1. The molecule has 1 N–H and O–H groups in total. The number of thiophene rings is 1. The molecule has 0 spiro atoms. The second-order valence-electron chi connectivity index (χ2n) is 4.61. The molecule has 5 heteroatoms. The van der Waals surface area contributed by atoms with E-state index in [4.69, 9.17) is 4.74 Å². The topological polar surface area (TPSA) is 55.4 Å². The zero-order valence-electron chi connectivity index (χ0n) is 11.8. The lowest BCUT2D eigenvalue weighted by Gasteiger charge is -2.06. The van der Waals surface area contributed by atoms with Crippen LogP contribution in [0.15, 0.2) is 54.6 Å². The smallest absolute Gasteiger partial charge is 0.350 e. The van der Waals surface area contributed by atoms with Crippen molar-refractivity contribution < 1.29 is 14.3 Å². The molecule has 4 nitrogen and oxygen atoms in total. The van der Waals surface area contributed by atoms with Gasteiger partial charge in [0.2, 0.25) is 0 Å². The normalized spacial score (nSPS) is 10.4. The van der Waals surface area contributed by atoms with E-state index >= 15 is 0 Å². The van der Waals surface area contributed by atoms with E-state index in [1.54, 1.807) is 24.3 Å². The Morgan fingerprint density at radius 2 is 1.68 bits per heavy atom. The van der Waals surface area contributed by atoms with Crippen molar-refractivity contribution in [2.24, 2.45) is 0 Å². The molecule has 22 heavy (non-hydrogen) atoms. The van der Waals surface area contributed by atoms with Crippen LogP contribution in [0.1, 0.15) is 20.0 Å². The highest BCUT2D eigenvalue weighted by molar-refractivity contribution is 7.21.